The minimum absolute atomic E-state index is 1.04. The second-order valence-electron chi connectivity index (χ2n) is 3.37. The lowest BCUT2D eigenvalue weighted by atomic mass is 9.70. The lowest BCUT2D eigenvalue weighted by molar-refractivity contribution is -0.658. The van der Waals surface area contributed by atoms with Crippen molar-refractivity contribution in [1.82, 2.24) is 9.97 Å². The Morgan fingerprint density at radius 3 is 1.80 bits per heavy atom. The minimum atomic E-state index is 1.04. The first-order chi connectivity index (χ1) is 7.27. The van der Waals surface area contributed by atoms with Crippen molar-refractivity contribution in [3.63, 3.8) is 0 Å². The molecular formula is C10H12BN4+2. The van der Waals surface area contributed by atoms with E-state index in [4.69, 9.17) is 0 Å². The molecule has 0 aliphatic rings. The van der Waals surface area contributed by atoms with Gasteiger partial charge in [-0.3, -0.25) is 9.97 Å². The van der Waals surface area contributed by atoms with Crippen molar-refractivity contribution in [3.05, 3.63) is 37.2 Å². The quantitative estimate of drug-likeness (QED) is 0.405. The fourth-order valence-corrected chi connectivity index (χ4v) is 1.30. The molecule has 0 aliphatic carbocycles. The molecule has 0 amide bonds. The number of hydrogen-bond acceptors (Lipinski definition) is 2. The number of rotatable bonds is 2. The van der Waals surface area contributed by atoms with Crippen molar-refractivity contribution in [2.75, 3.05) is 0 Å². The van der Waals surface area contributed by atoms with Crippen LogP contribution >= 0.6 is 0 Å². The summed E-state index contributed by atoms with van der Waals surface area (Å²) in [4.78, 5) is 8.18. The molecule has 0 bridgehead atoms. The highest BCUT2D eigenvalue weighted by Gasteiger charge is 2.16. The molecule has 0 aromatic carbocycles. The zero-order valence-corrected chi connectivity index (χ0v) is 8.83. The van der Waals surface area contributed by atoms with Gasteiger partial charge in [0.05, 0.1) is 24.8 Å². The van der Waals surface area contributed by atoms with Crippen LogP contribution in [0.5, 0.6) is 0 Å². The third kappa shape index (κ3) is 2.18. The molecule has 2 aromatic rings. The topological polar surface area (TPSA) is 33.5 Å². The number of nitrogens with zero attached hydrogens (tertiary/aromatic N) is 4. The molecule has 2 heterocycles. The molecule has 15 heavy (non-hydrogen) atoms. The van der Waals surface area contributed by atoms with Crippen LogP contribution in [0.1, 0.15) is 0 Å². The van der Waals surface area contributed by atoms with Gasteiger partial charge in [0.2, 0.25) is 0 Å². The van der Waals surface area contributed by atoms with Crippen LogP contribution in [0.3, 0.4) is 0 Å². The molecule has 73 valence electrons. The molecule has 0 aliphatic heterocycles. The molecule has 0 N–H and O–H groups in total. The highest BCUT2D eigenvalue weighted by molar-refractivity contribution is 6.64. The Bertz CT molecular complexity index is 429. The first-order valence-electron chi connectivity index (χ1n) is 4.71. The van der Waals surface area contributed by atoms with Gasteiger partial charge in [-0.25, -0.2) is 9.13 Å². The molecule has 2 rings (SSSR count). The molecule has 0 unspecified atom stereocenters. The highest BCUT2D eigenvalue weighted by Crippen LogP contribution is 1.69. The Hall–Kier alpha value is -1.78. The van der Waals surface area contributed by atoms with Gasteiger partial charge in [0.25, 0.3) is 0 Å². The standard InChI is InChI=1S/C10H12BN4/c1-14-5-3-12-7-9(14)11-10-8-13-4-6-15(10)2/h3-8H,1-2H3/q+2. The lowest BCUT2D eigenvalue weighted by Gasteiger charge is -1.96. The lowest BCUT2D eigenvalue weighted by Crippen LogP contribution is -2.59. The van der Waals surface area contributed by atoms with Gasteiger partial charge in [0.15, 0.2) is 23.6 Å². The van der Waals surface area contributed by atoms with Crippen molar-refractivity contribution < 1.29 is 9.13 Å². The maximum absolute atomic E-state index is 4.09. The first-order valence-corrected chi connectivity index (χ1v) is 4.71. The van der Waals surface area contributed by atoms with E-state index in [9.17, 15) is 0 Å². The van der Waals surface area contributed by atoms with Crippen LogP contribution in [0.15, 0.2) is 37.2 Å². The molecular weight excluding hydrogens is 187 g/mol. The second-order valence-corrected chi connectivity index (χ2v) is 3.37. The van der Waals surface area contributed by atoms with E-state index in [2.05, 4.69) is 9.97 Å². The number of hydrogen-bond donors (Lipinski definition) is 0. The van der Waals surface area contributed by atoms with Gasteiger partial charge in [-0.1, -0.05) is 0 Å². The largest absolute Gasteiger partial charge is 0.374 e. The SMILES string of the molecule is C[n+]1ccncc1[B]c1cncc[n+]1C. The third-order valence-electron chi connectivity index (χ3n) is 2.28. The molecule has 1 radical (unpaired) electrons. The Balaban J connectivity index is 2.30. The summed E-state index contributed by atoms with van der Waals surface area (Å²) in [5, 5.41) is 0. The summed E-state index contributed by atoms with van der Waals surface area (Å²) in [6, 6.07) is 0. The molecule has 4 nitrogen and oxygen atoms in total. The number of aromatic nitrogens is 4. The number of aryl methyl sites for hydroxylation is 2. The van der Waals surface area contributed by atoms with E-state index in [0.717, 1.165) is 11.2 Å². The maximum Gasteiger partial charge on any atom is 0.374 e. The molecule has 2 aromatic heterocycles. The third-order valence-corrected chi connectivity index (χ3v) is 2.28. The van der Waals surface area contributed by atoms with Crippen molar-refractivity contribution in [1.29, 1.82) is 0 Å². The zero-order valence-electron chi connectivity index (χ0n) is 8.83. The Labute approximate surface area is 89.5 Å². The molecule has 0 saturated heterocycles. The van der Waals surface area contributed by atoms with Crippen LogP contribution in [-0.4, -0.2) is 17.2 Å². The van der Waals surface area contributed by atoms with Crippen molar-refractivity contribution in [2.45, 2.75) is 0 Å². The van der Waals surface area contributed by atoms with E-state index in [1.165, 1.54) is 0 Å². The van der Waals surface area contributed by atoms with Crippen LogP contribution in [0.4, 0.5) is 0 Å². The molecule has 0 atom stereocenters. The predicted molar refractivity (Wildman–Crippen MR) is 55.8 cm³/mol. The summed E-state index contributed by atoms with van der Waals surface area (Å²) >= 11 is 0. The first kappa shape index (κ1) is 9.77. The summed E-state index contributed by atoms with van der Waals surface area (Å²) < 4.78 is 4.03. The van der Waals surface area contributed by atoms with Crippen molar-refractivity contribution >= 4 is 18.5 Å². The minimum Gasteiger partial charge on any atom is -0.253 e. The van der Waals surface area contributed by atoms with Crippen LogP contribution in [-0.2, 0) is 14.1 Å². The van der Waals surface area contributed by atoms with E-state index < -0.39 is 0 Å². The van der Waals surface area contributed by atoms with Gasteiger partial charge in [0, 0.05) is 0 Å². The predicted octanol–water partition coefficient (Wildman–Crippen LogP) is -2.22. The maximum atomic E-state index is 4.09. The monoisotopic (exact) mass is 199 g/mol. The van der Waals surface area contributed by atoms with E-state index in [1.54, 1.807) is 12.4 Å². The molecule has 0 saturated carbocycles. The highest BCUT2D eigenvalue weighted by atomic mass is 15.0. The van der Waals surface area contributed by atoms with Crippen LogP contribution < -0.4 is 20.3 Å². The van der Waals surface area contributed by atoms with Crippen molar-refractivity contribution in [2.24, 2.45) is 14.1 Å². The van der Waals surface area contributed by atoms with E-state index in [0.29, 0.717) is 0 Å². The average Bonchev–Trinajstić information content (AvgIpc) is 2.24. The summed E-state index contributed by atoms with van der Waals surface area (Å²) in [7, 11) is 6.02. The van der Waals surface area contributed by atoms with Crippen LogP contribution in [0.25, 0.3) is 0 Å². The van der Waals surface area contributed by atoms with Crippen LogP contribution in [0, 0.1) is 0 Å². The summed E-state index contributed by atoms with van der Waals surface area (Å²) in [5.41, 5.74) is 2.09. The summed E-state index contributed by atoms with van der Waals surface area (Å²) in [5.74, 6) is 0. The van der Waals surface area contributed by atoms with Crippen LogP contribution in [0.2, 0.25) is 0 Å². The van der Waals surface area contributed by atoms with Gasteiger partial charge in [-0.05, 0) is 0 Å². The Kier molecular flexibility index (Phi) is 2.71. The van der Waals surface area contributed by atoms with E-state index in [1.807, 2.05) is 55.3 Å². The Morgan fingerprint density at radius 1 is 0.933 bits per heavy atom. The smallest absolute Gasteiger partial charge is 0.253 e. The van der Waals surface area contributed by atoms with E-state index in [-0.39, 0.29) is 0 Å². The average molecular weight is 199 g/mol. The van der Waals surface area contributed by atoms with Gasteiger partial charge >= 0.3 is 7.28 Å². The van der Waals surface area contributed by atoms with E-state index >= 15 is 0 Å². The zero-order chi connectivity index (χ0) is 10.7. The van der Waals surface area contributed by atoms with Gasteiger partial charge < -0.3 is 0 Å². The van der Waals surface area contributed by atoms with Gasteiger partial charge in [-0.2, -0.15) is 0 Å². The van der Waals surface area contributed by atoms with Gasteiger partial charge in [-0.15, -0.1) is 0 Å². The van der Waals surface area contributed by atoms with Gasteiger partial charge in [0.1, 0.15) is 14.1 Å². The molecule has 0 fully saturated rings. The Morgan fingerprint density at radius 2 is 1.40 bits per heavy atom. The molecule has 0 spiro atoms. The fraction of sp³-hybridized carbons (Fsp3) is 0.200. The normalized spacial score (nSPS) is 10.0. The molecule has 5 heteroatoms. The second kappa shape index (κ2) is 4.17. The fourth-order valence-electron chi connectivity index (χ4n) is 1.30. The van der Waals surface area contributed by atoms with Crippen molar-refractivity contribution in [3.8, 4) is 0 Å². The summed E-state index contributed by atoms with van der Waals surface area (Å²) in [6.07, 6.45) is 11.0. The summed E-state index contributed by atoms with van der Waals surface area (Å²) in [6.45, 7) is 0.